The van der Waals surface area contributed by atoms with E-state index in [1.807, 2.05) is 36.4 Å². The van der Waals surface area contributed by atoms with Crippen molar-refractivity contribution in [3.05, 3.63) is 48.5 Å². The second-order valence-electron chi connectivity index (χ2n) is 7.46. The predicted molar refractivity (Wildman–Crippen MR) is 123 cm³/mol. The minimum atomic E-state index is -0.0314. The molecule has 0 atom stereocenters. The Morgan fingerprint density at radius 2 is 1.87 bits per heavy atom. The Kier molecular flexibility index (Phi) is 6.92. The van der Waals surface area contributed by atoms with Crippen molar-refractivity contribution in [2.75, 3.05) is 42.8 Å². The number of methoxy groups -OCH3 is 1. The number of anilines is 2. The van der Waals surface area contributed by atoms with E-state index in [9.17, 15) is 4.79 Å². The number of hydrogen-bond acceptors (Lipinski definition) is 5. The molecule has 0 unspecified atom stereocenters. The first-order valence-corrected chi connectivity index (χ1v) is 11.4. The summed E-state index contributed by atoms with van der Waals surface area (Å²) in [5.41, 5.74) is 4.05. The molecular formula is C23H28N4O2S. The highest BCUT2D eigenvalue weighted by molar-refractivity contribution is 7.99. The molecule has 2 aromatic carbocycles. The third kappa shape index (κ3) is 4.96. The minimum Gasteiger partial charge on any atom is -0.383 e. The summed E-state index contributed by atoms with van der Waals surface area (Å²) in [6.45, 7) is 3.54. The molecule has 1 aliphatic heterocycles. The van der Waals surface area contributed by atoms with Crippen molar-refractivity contribution >= 4 is 40.1 Å². The minimum absolute atomic E-state index is 0.0314. The number of benzene rings is 2. The first kappa shape index (κ1) is 20.8. The van der Waals surface area contributed by atoms with E-state index < -0.39 is 0 Å². The zero-order chi connectivity index (χ0) is 20.8. The molecule has 0 spiro atoms. The van der Waals surface area contributed by atoms with Crippen LogP contribution in [0.1, 0.15) is 19.3 Å². The highest BCUT2D eigenvalue weighted by atomic mass is 32.2. The number of nitrogens with one attached hydrogen (secondary N) is 1. The molecule has 0 saturated carbocycles. The zero-order valence-corrected chi connectivity index (χ0v) is 18.2. The Hall–Kier alpha value is -2.51. The van der Waals surface area contributed by atoms with Crippen molar-refractivity contribution in [1.82, 2.24) is 9.55 Å². The number of para-hydroxylation sites is 2. The molecule has 0 bridgehead atoms. The lowest BCUT2D eigenvalue weighted by atomic mass is 10.1. The number of imidazole rings is 1. The Morgan fingerprint density at radius 3 is 2.63 bits per heavy atom. The number of fused-ring (bicyclic) bond motifs is 1. The van der Waals surface area contributed by atoms with Crippen molar-refractivity contribution in [3.8, 4) is 0 Å². The number of amides is 1. The number of piperidine rings is 1. The molecule has 30 heavy (non-hydrogen) atoms. The molecule has 4 rings (SSSR count). The van der Waals surface area contributed by atoms with E-state index in [4.69, 9.17) is 9.72 Å². The quantitative estimate of drug-likeness (QED) is 0.543. The van der Waals surface area contributed by atoms with Crippen LogP contribution >= 0.6 is 11.8 Å². The molecule has 158 valence electrons. The van der Waals surface area contributed by atoms with Crippen molar-refractivity contribution in [2.24, 2.45) is 0 Å². The predicted octanol–water partition coefficient (Wildman–Crippen LogP) is 4.40. The SMILES string of the molecule is COCCn1c(SCC(=O)Nc2ccc(N3CCCCC3)cc2)nc2ccccc21. The van der Waals surface area contributed by atoms with Crippen LogP contribution in [0.2, 0.25) is 0 Å². The van der Waals surface area contributed by atoms with Gasteiger partial charge in [0.15, 0.2) is 5.16 Å². The van der Waals surface area contributed by atoms with Crippen LogP contribution in [0.4, 0.5) is 11.4 Å². The summed E-state index contributed by atoms with van der Waals surface area (Å²) in [6, 6.07) is 16.2. The Morgan fingerprint density at radius 1 is 1.10 bits per heavy atom. The molecule has 1 N–H and O–H groups in total. The first-order chi connectivity index (χ1) is 14.7. The van der Waals surface area contributed by atoms with Gasteiger partial charge in [-0.15, -0.1) is 0 Å². The number of hydrogen-bond donors (Lipinski definition) is 1. The smallest absolute Gasteiger partial charge is 0.234 e. The monoisotopic (exact) mass is 424 g/mol. The Bertz CT molecular complexity index is 981. The average Bonchev–Trinajstić information content (AvgIpc) is 3.15. The fraction of sp³-hybridized carbons (Fsp3) is 0.391. The van der Waals surface area contributed by atoms with Crippen molar-refractivity contribution in [3.63, 3.8) is 0 Å². The maximum atomic E-state index is 12.5. The molecule has 3 aromatic rings. The lowest BCUT2D eigenvalue weighted by molar-refractivity contribution is -0.113. The topological polar surface area (TPSA) is 59.4 Å². The fourth-order valence-electron chi connectivity index (χ4n) is 3.80. The van der Waals surface area contributed by atoms with Crippen molar-refractivity contribution in [2.45, 2.75) is 31.0 Å². The van der Waals surface area contributed by atoms with Crippen LogP contribution < -0.4 is 10.2 Å². The van der Waals surface area contributed by atoms with Gasteiger partial charge >= 0.3 is 0 Å². The summed E-state index contributed by atoms with van der Waals surface area (Å²) >= 11 is 1.45. The van der Waals surface area contributed by atoms with E-state index >= 15 is 0 Å². The van der Waals surface area contributed by atoms with Gasteiger partial charge in [0, 0.05) is 38.1 Å². The van der Waals surface area contributed by atoms with Gasteiger partial charge in [0.05, 0.1) is 23.4 Å². The van der Waals surface area contributed by atoms with Gasteiger partial charge in [-0.05, 0) is 55.7 Å². The first-order valence-electron chi connectivity index (χ1n) is 10.5. The summed E-state index contributed by atoms with van der Waals surface area (Å²) in [5.74, 6) is 0.278. The van der Waals surface area contributed by atoms with E-state index in [0.29, 0.717) is 18.9 Å². The summed E-state index contributed by atoms with van der Waals surface area (Å²) in [4.78, 5) is 19.6. The molecule has 6 nitrogen and oxygen atoms in total. The van der Waals surface area contributed by atoms with Crippen molar-refractivity contribution < 1.29 is 9.53 Å². The van der Waals surface area contributed by atoms with Crippen LogP contribution in [0, 0.1) is 0 Å². The molecule has 1 fully saturated rings. The van der Waals surface area contributed by atoms with E-state index in [1.165, 1.54) is 36.7 Å². The maximum absolute atomic E-state index is 12.5. The summed E-state index contributed by atoms with van der Waals surface area (Å²) in [7, 11) is 1.69. The molecular weight excluding hydrogens is 396 g/mol. The molecule has 2 heterocycles. The van der Waals surface area contributed by atoms with Gasteiger partial charge in [0.25, 0.3) is 0 Å². The highest BCUT2D eigenvalue weighted by Gasteiger charge is 2.14. The van der Waals surface area contributed by atoms with Gasteiger partial charge in [-0.2, -0.15) is 0 Å². The normalized spacial score (nSPS) is 14.2. The van der Waals surface area contributed by atoms with Gasteiger partial charge < -0.3 is 19.5 Å². The van der Waals surface area contributed by atoms with Crippen LogP contribution in [-0.4, -0.2) is 48.0 Å². The van der Waals surface area contributed by atoms with Crippen LogP contribution in [0.15, 0.2) is 53.7 Å². The number of carbonyl (C=O) groups is 1. The molecule has 1 saturated heterocycles. The molecule has 0 aliphatic carbocycles. The number of nitrogens with zero attached hydrogens (tertiary/aromatic N) is 3. The molecule has 0 radical (unpaired) electrons. The van der Waals surface area contributed by atoms with Gasteiger partial charge in [0.1, 0.15) is 0 Å². The second kappa shape index (κ2) is 10.00. The Labute approximate surface area is 181 Å². The Balaban J connectivity index is 1.36. The van der Waals surface area contributed by atoms with Gasteiger partial charge in [0.2, 0.25) is 5.91 Å². The zero-order valence-electron chi connectivity index (χ0n) is 17.3. The van der Waals surface area contributed by atoms with E-state index in [0.717, 1.165) is 35.0 Å². The average molecular weight is 425 g/mol. The van der Waals surface area contributed by atoms with Crippen molar-refractivity contribution in [1.29, 1.82) is 0 Å². The standard InChI is InChI=1S/C23H28N4O2S/c1-29-16-15-27-21-8-4-3-7-20(21)25-23(27)30-17-22(28)24-18-9-11-19(12-10-18)26-13-5-2-6-14-26/h3-4,7-12H,2,5-6,13-17H2,1H3,(H,24,28). The number of thioether (sulfide) groups is 1. The number of ether oxygens (including phenoxy) is 1. The van der Waals surface area contributed by atoms with E-state index in [2.05, 4.69) is 26.9 Å². The van der Waals surface area contributed by atoms with Crippen LogP contribution in [0.25, 0.3) is 11.0 Å². The van der Waals surface area contributed by atoms with Gasteiger partial charge in [-0.3, -0.25) is 4.79 Å². The molecule has 1 aliphatic rings. The summed E-state index contributed by atoms with van der Waals surface area (Å²) in [5, 5.41) is 3.84. The number of rotatable bonds is 8. The van der Waals surface area contributed by atoms with Crippen LogP contribution in [-0.2, 0) is 16.1 Å². The second-order valence-corrected chi connectivity index (χ2v) is 8.40. The number of aromatic nitrogens is 2. The lowest BCUT2D eigenvalue weighted by Crippen LogP contribution is -2.29. The summed E-state index contributed by atoms with van der Waals surface area (Å²) < 4.78 is 7.35. The fourth-order valence-corrected chi connectivity index (χ4v) is 4.64. The summed E-state index contributed by atoms with van der Waals surface area (Å²) in [6.07, 6.45) is 3.83. The lowest BCUT2D eigenvalue weighted by Gasteiger charge is -2.28. The van der Waals surface area contributed by atoms with Crippen LogP contribution in [0.3, 0.4) is 0 Å². The largest absolute Gasteiger partial charge is 0.383 e. The third-order valence-electron chi connectivity index (χ3n) is 5.34. The molecule has 7 heteroatoms. The van der Waals surface area contributed by atoms with Crippen LogP contribution in [0.5, 0.6) is 0 Å². The van der Waals surface area contributed by atoms with E-state index in [1.54, 1.807) is 7.11 Å². The third-order valence-corrected chi connectivity index (χ3v) is 6.32. The van der Waals surface area contributed by atoms with Gasteiger partial charge in [-0.25, -0.2) is 4.98 Å². The molecule has 1 aromatic heterocycles. The highest BCUT2D eigenvalue weighted by Crippen LogP contribution is 2.25. The number of carbonyl (C=O) groups excluding carboxylic acids is 1. The van der Waals surface area contributed by atoms with Gasteiger partial charge in [-0.1, -0.05) is 23.9 Å². The maximum Gasteiger partial charge on any atom is 0.234 e. The molecule has 1 amide bonds. The van der Waals surface area contributed by atoms with E-state index in [-0.39, 0.29) is 5.91 Å².